The van der Waals surface area contributed by atoms with E-state index in [9.17, 15) is 29.4 Å². The van der Waals surface area contributed by atoms with Crippen molar-refractivity contribution < 1.29 is 48.3 Å². The molecule has 0 bridgehead atoms. The van der Waals surface area contributed by atoms with Crippen molar-refractivity contribution in [3.63, 3.8) is 0 Å². The third-order valence-electron chi connectivity index (χ3n) is 6.94. The Morgan fingerprint density at radius 1 is 0.763 bits per heavy atom. The molecule has 2 heterocycles. The van der Waals surface area contributed by atoms with Gasteiger partial charge in [0.05, 0.1) is 36.5 Å². The minimum atomic E-state index is -1.16. The van der Waals surface area contributed by atoms with E-state index in [0.29, 0.717) is 22.3 Å². The predicted molar refractivity (Wildman–Crippen MR) is 133 cm³/mol. The first kappa shape index (κ1) is 26.8. The molecule has 0 amide bonds. The van der Waals surface area contributed by atoms with Gasteiger partial charge < -0.3 is 29.2 Å². The number of hydrogen-bond donors (Lipinski definition) is 2. The van der Waals surface area contributed by atoms with Gasteiger partial charge in [0.25, 0.3) is 0 Å². The standard InChI is InChI=1S/C28H26O10/c1-5-21(29)37-19-9-7-15(27(31)32)23(13(19)3)17-11-35-26-18(12-36-25(17)26)24-14(4)20(38-22(30)6-2)10-8-16(24)28(33)34/h5-10,17-18,25-26H,1-2,11-12H2,3-4H3,(H,31,32)(H,33,34)/t17-,18+,25-,26-/m1/s1. The molecule has 0 unspecified atom stereocenters. The summed E-state index contributed by atoms with van der Waals surface area (Å²) in [6, 6.07) is 5.54. The second kappa shape index (κ2) is 10.6. The number of ether oxygens (including phenoxy) is 4. The molecule has 2 aromatic carbocycles. The zero-order valence-electron chi connectivity index (χ0n) is 20.8. The van der Waals surface area contributed by atoms with Crippen LogP contribution in [0.1, 0.15) is 54.8 Å². The summed E-state index contributed by atoms with van der Waals surface area (Å²) in [5.41, 5.74) is 1.74. The molecule has 0 saturated carbocycles. The molecule has 2 aliphatic rings. The maximum absolute atomic E-state index is 12.1. The van der Waals surface area contributed by atoms with Crippen molar-refractivity contribution in [3.05, 3.63) is 83.0 Å². The third-order valence-corrected chi connectivity index (χ3v) is 6.94. The number of rotatable bonds is 8. The van der Waals surface area contributed by atoms with E-state index < -0.39 is 47.9 Å². The molecule has 2 N–H and O–H groups in total. The van der Waals surface area contributed by atoms with Crippen LogP contribution in [0.15, 0.2) is 49.6 Å². The first-order chi connectivity index (χ1) is 18.1. The van der Waals surface area contributed by atoms with Crippen molar-refractivity contribution in [2.45, 2.75) is 37.9 Å². The van der Waals surface area contributed by atoms with Gasteiger partial charge in [0.15, 0.2) is 0 Å². The lowest BCUT2D eigenvalue weighted by atomic mass is 9.82. The Bertz CT molecular complexity index is 1250. The number of carboxylic acids is 2. The summed E-state index contributed by atoms with van der Waals surface area (Å²) in [5, 5.41) is 19.8. The molecule has 2 aliphatic heterocycles. The molecule has 198 valence electrons. The topological polar surface area (TPSA) is 146 Å². The molecule has 38 heavy (non-hydrogen) atoms. The van der Waals surface area contributed by atoms with Crippen LogP contribution in [0, 0.1) is 13.8 Å². The smallest absolute Gasteiger partial charge is 0.335 e. The van der Waals surface area contributed by atoms with E-state index >= 15 is 0 Å². The highest BCUT2D eigenvalue weighted by atomic mass is 16.6. The molecular formula is C28H26O10. The van der Waals surface area contributed by atoms with Gasteiger partial charge in [-0.2, -0.15) is 0 Å². The predicted octanol–water partition coefficient (Wildman–Crippen LogP) is 3.55. The van der Waals surface area contributed by atoms with Gasteiger partial charge >= 0.3 is 23.9 Å². The Balaban J connectivity index is 1.74. The number of hydrogen-bond acceptors (Lipinski definition) is 8. The van der Waals surface area contributed by atoms with Crippen LogP contribution in [0.25, 0.3) is 0 Å². The first-order valence-electron chi connectivity index (χ1n) is 11.7. The SMILES string of the molecule is C=CC(=O)Oc1ccc(C(=O)O)c([C@H]2CO[C@H]3[C@@H]2OC[C@H]3c2c(C(=O)O)ccc(OC(=O)C=C)c2C)c1C. The molecule has 10 heteroatoms. The second-order valence-corrected chi connectivity index (χ2v) is 8.97. The molecule has 4 rings (SSSR count). The molecule has 0 spiro atoms. The minimum absolute atomic E-state index is 0.0166. The number of aromatic carboxylic acids is 2. The summed E-state index contributed by atoms with van der Waals surface area (Å²) in [6.45, 7) is 10.3. The zero-order chi connectivity index (χ0) is 27.7. The number of benzene rings is 2. The van der Waals surface area contributed by atoms with Crippen LogP contribution < -0.4 is 9.47 Å². The maximum Gasteiger partial charge on any atom is 0.335 e. The monoisotopic (exact) mass is 522 g/mol. The van der Waals surface area contributed by atoms with Crippen molar-refractivity contribution in [2.75, 3.05) is 13.2 Å². The van der Waals surface area contributed by atoms with Crippen molar-refractivity contribution in [2.24, 2.45) is 0 Å². The number of fused-ring (bicyclic) bond motifs is 1. The van der Waals surface area contributed by atoms with Gasteiger partial charge in [-0.05, 0) is 60.4 Å². The molecule has 2 saturated heterocycles. The summed E-state index contributed by atoms with van der Waals surface area (Å²) < 4.78 is 22.8. The molecule has 0 radical (unpaired) electrons. The summed E-state index contributed by atoms with van der Waals surface area (Å²) in [6.07, 6.45) is 0.795. The number of carbonyl (C=O) groups excluding carboxylic acids is 2. The number of carboxylic acid groups (broad SMARTS) is 2. The number of esters is 2. The summed E-state index contributed by atoms with van der Waals surface area (Å²) in [5.74, 6) is -4.39. The fourth-order valence-electron chi connectivity index (χ4n) is 5.26. The fraction of sp³-hybridized carbons (Fsp3) is 0.286. The largest absolute Gasteiger partial charge is 0.478 e. The molecular weight excluding hydrogens is 496 g/mol. The highest BCUT2D eigenvalue weighted by molar-refractivity contribution is 5.92. The molecule has 2 fully saturated rings. The van der Waals surface area contributed by atoms with E-state index in [0.717, 1.165) is 12.2 Å². The third kappa shape index (κ3) is 4.71. The fourth-order valence-corrected chi connectivity index (χ4v) is 5.26. The summed E-state index contributed by atoms with van der Waals surface area (Å²) >= 11 is 0. The van der Waals surface area contributed by atoms with Crippen LogP contribution in [0.5, 0.6) is 11.5 Å². The highest BCUT2D eigenvalue weighted by Gasteiger charge is 2.51. The van der Waals surface area contributed by atoms with Crippen molar-refractivity contribution in [1.29, 1.82) is 0 Å². The van der Waals surface area contributed by atoms with E-state index in [1.54, 1.807) is 13.8 Å². The van der Waals surface area contributed by atoms with Crippen molar-refractivity contribution in [1.82, 2.24) is 0 Å². The molecule has 2 aromatic rings. The van der Waals surface area contributed by atoms with Crippen LogP contribution in [0.4, 0.5) is 0 Å². The zero-order valence-corrected chi connectivity index (χ0v) is 20.8. The number of carbonyl (C=O) groups is 4. The minimum Gasteiger partial charge on any atom is -0.478 e. The van der Waals surface area contributed by atoms with Crippen LogP contribution in [-0.2, 0) is 19.1 Å². The molecule has 4 atom stereocenters. The Kier molecular flexibility index (Phi) is 7.47. The van der Waals surface area contributed by atoms with Gasteiger partial charge in [0.1, 0.15) is 11.5 Å². The molecule has 0 aliphatic carbocycles. The lowest BCUT2D eigenvalue weighted by Crippen LogP contribution is -2.27. The lowest BCUT2D eigenvalue weighted by molar-refractivity contribution is -0.129. The van der Waals surface area contributed by atoms with Gasteiger partial charge in [-0.25, -0.2) is 19.2 Å². The summed E-state index contributed by atoms with van der Waals surface area (Å²) in [4.78, 5) is 47.8. The normalized spacial score (nSPS) is 21.8. The Morgan fingerprint density at radius 2 is 1.13 bits per heavy atom. The first-order valence-corrected chi connectivity index (χ1v) is 11.7. The lowest BCUT2D eigenvalue weighted by Gasteiger charge is -2.23. The Morgan fingerprint density at radius 3 is 1.45 bits per heavy atom. The average molecular weight is 523 g/mol. The van der Waals surface area contributed by atoms with Crippen molar-refractivity contribution >= 4 is 23.9 Å². The van der Waals surface area contributed by atoms with Crippen LogP contribution in [0.2, 0.25) is 0 Å². The van der Waals surface area contributed by atoms with Crippen molar-refractivity contribution in [3.8, 4) is 11.5 Å². The Labute approximate surface area is 218 Å². The van der Waals surface area contributed by atoms with E-state index in [-0.39, 0.29) is 35.8 Å². The van der Waals surface area contributed by atoms with Gasteiger partial charge in [-0.15, -0.1) is 0 Å². The van der Waals surface area contributed by atoms with E-state index in [1.165, 1.54) is 24.3 Å². The average Bonchev–Trinajstić information content (AvgIpc) is 3.48. The van der Waals surface area contributed by atoms with Gasteiger partial charge in [0.2, 0.25) is 0 Å². The van der Waals surface area contributed by atoms with Gasteiger partial charge in [0, 0.05) is 24.0 Å². The van der Waals surface area contributed by atoms with E-state index in [1.807, 2.05) is 0 Å². The Hall–Kier alpha value is -4.28. The highest BCUT2D eigenvalue weighted by Crippen LogP contribution is 2.48. The van der Waals surface area contributed by atoms with Gasteiger partial charge in [-0.3, -0.25) is 0 Å². The van der Waals surface area contributed by atoms with E-state index in [2.05, 4.69) is 13.2 Å². The maximum atomic E-state index is 12.1. The van der Waals surface area contributed by atoms with Crippen LogP contribution in [0.3, 0.4) is 0 Å². The quantitative estimate of drug-likeness (QED) is 0.300. The summed E-state index contributed by atoms with van der Waals surface area (Å²) in [7, 11) is 0. The van der Waals surface area contributed by atoms with Crippen LogP contribution in [-0.4, -0.2) is 59.5 Å². The molecule has 0 aromatic heterocycles. The van der Waals surface area contributed by atoms with Crippen LogP contribution >= 0.6 is 0 Å². The van der Waals surface area contributed by atoms with E-state index in [4.69, 9.17) is 18.9 Å². The molecule has 10 nitrogen and oxygen atoms in total. The van der Waals surface area contributed by atoms with Gasteiger partial charge in [-0.1, -0.05) is 13.2 Å². The second-order valence-electron chi connectivity index (χ2n) is 8.97.